The molecule has 0 spiro atoms. The smallest absolute Gasteiger partial charge is 0.248 e. The van der Waals surface area contributed by atoms with Crippen LogP contribution in [0.15, 0.2) is 48.8 Å². The van der Waals surface area contributed by atoms with Crippen LogP contribution in [0.2, 0.25) is 0 Å². The van der Waals surface area contributed by atoms with Crippen LogP contribution < -0.4 is 5.32 Å². The van der Waals surface area contributed by atoms with Gasteiger partial charge in [-0.15, -0.1) is 0 Å². The molecule has 0 aliphatic carbocycles. The molecule has 14 heavy (non-hydrogen) atoms. The molecule has 0 aliphatic heterocycles. The molecule has 0 aromatic carbocycles. The third-order valence-electron chi connectivity index (χ3n) is 1.63. The van der Waals surface area contributed by atoms with Crippen molar-refractivity contribution >= 4 is 11.6 Å². The highest BCUT2D eigenvalue weighted by molar-refractivity contribution is 5.99. The first kappa shape index (κ1) is 10.2. The third-order valence-corrected chi connectivity index (χ3v) is 1.63. The van der Waals surface area contributed by atoms with E-state index in [0.29, 0.717) is 0 Å². The molecule has 72 valence electrons. The van der Waals surface area contributed by atoms with Gasteiger partial charge in [0.15, 0.2) is 0 Å². The van der Waals surface area contributed by atoms with Gasteiger partial charge in [0.05, 0.1) is 0 Å². The number of carbonyl (C=O) groups excluding carboxylic acids is 1. The molecule has 0 atom stereocenters. The van der Waals surface area contributed by atoms with Gasteiger partial charge in [-0.3, -0.25) is 9.78 Å². The van der Waals surface area contributed by atoms with Crippen LogP contribution in [0.25, 0.3) is 0 Å². The Bertz CT molecular complexity index is 355. The Kier molecular flexibility index (Phi) is 3.61. The molecule has 0 saturated carbocycles. The van der Waals surface area contributed by atoms with Crippen molar-refractivity contribution in [3.05, 3.63) is 48.8 Å². The number of aromatic nitrogens is 1. The molecule has 1 rings (SSSR count). The van der Waals surface area contributed by atoms with Crippen LogP contribution in [0.5, 0.6) is 0 Å². The summed E-state index contributed by atoms with van der Waals surface area (Å²) in [7, 11) is 0. The minimum Gasteiger partial charge on any atom is -0.322 e. The van der Waals surface area contributed by atoms with Crippen molar-refractivity contribution in [2.45, 2.75) is 6.92 Å². The average molecular weight is 188 g/mol. The normalized spacial score (nSPS) is 10.8. The van der Waals surface area contributed by atoms with E-state index < -0.39 is 0 Å². The number of hydrogen-bond acceptors (Lipinski definition) is 2. The van der Waals surface area contributed by atoms with E-state index in [9.17, 15) is 4.79 Å². The molecule has 1 N–H and O–H groups in total. The Morgan fingerprint density at radius 2 is 2.14 bits per heavy atom. The molecular formula is C11H12N2O. The molecule has 0 saturated heterocycles. The highest BCUT2D eigenvalue weighted by Crippen LogP contribution is 2.03. The summed E-state index contributed by atoms with van der Waals surface area (Å²) in [5, 5.41) is 2.70. The van der Waals surface area contributed by atoms with Gasteiger partial charge >= 0.3 is 0 Å². The fourth-order valence-electron chi connectivity index (χ4n) is 0.879. The van der Waals surface area contributed by atoms with Crippen molar-refractivity contribution in [2.24, 2.45) is 0 Å². The minimum absolute atomic E-state index is 0.159. The van der Waals surface area contributed by atoms with E-state index in [1.54, 1.807) is 30.6 Å². The predicted molar refractivity (Wildman–Crippen MR) is 56.8 cm³/mol. The lowest BCUT2D eigenvalue weighted by molar-refractivity contribution is -0.111. The lowest BCUT2D eigenvalue weighted by Crippen LogP contribution is -2.08. The summed E-state index contributed by atoms with van der Waals surface area (Å²) < 4.78 is 0. The molecule has 1 aromatic rings. The monoisotopic (exact) mass is 188 g/mol. The van der Waals surface area contributed by atoms with Crippen LogP contribution in [0, 0.1) is 0 Å². The molecule has 0 aliphatic rings. The largest absolute Gasteiger partial charge is 0.322 e. The Morgan fingerprint density at radius 1 is 1.50 bits per heavy atom. The quantitative estimate of drug-likeness (QED) is 0.583. The zero-order chi connectivity index (χ0) is 10.4. The molecule has 3 heteroatoms. The maximum atomic E-state index is 11.3. The second-order valence-electron chi connectivity index (χ2n) is 2.82. The molecular weight excluding hydrogens is 176 g/mol. The van der Waals surface area contributed by atoms with E-state index in [1.165, 1.54) is 6.08 Å². The molecule has 0 radical (unpaired) electrons. The average Bonchev–Trinajstić information content (AvgIpc) is 2.19. The summed E-state index contributed by atoms with van der Waals surface area (Å²) >= 11 is 0. The van der Waals surface area contributed by atoms with Crippen molar-refractivity contribution in [3.8, 4) is 0 Å². The number of rotatable bonds is 3. The van der Waals surface area contributed by atoms with E-state index in [4.69, 9.17) is 0 Å². The zero-order valence-corrected chi connectivity index (χ0v) is 8.03. The maximum Gasteiger partial charge on any atom is 0.248 e. The Labute approximate surface area is 83.2 Å². The lowest BCUT2D eigenvalue weighted by Gasteiger charge is -2.00. The van der Waals surface area contributed by atoms with Gasteiger partial charge in [0, 0.05) is 24.2 Å². The first-order valence-corrected chi connectivity index (χ1v) is 4.24. The maximum absolute atomic E-state index is 11.3. The van der Waals surface area contributed by atoms with Gasteiger partial charge in [-0.05, 0) is 24.6 Å². The summed E-state index contributed by atoms with van der Waals surface area (Å²) in [5.74, 6) is -0.159. The van der Waals surface area contributed by atoms with E-state index in [1.807, 2.05) is 6.92 Å². The highest BCUT2D eigenvalue weighted by Gasteiger charge is 1.96. The van der Waals surface area contributed by atoms with Crippen LogP contribution in [-0.4, -0.2) is 10.9 Å². The number of allylic oxidation sites excluding steroid dienone is 2. The van der Waals surface area contributed by atoms with Gasteiger partial charge in [-0.2, -0.15) is 0 Å². The summed E-state index contributed by atoms with van der Waals surface area (Å²) in [5.41, 5.74) is 1.56. The van der Waals surface area contributed by atoms with Gasteiger partial charge in [-0.1, -0.05) is 12.7 Å². The van der Waals surface area contributed by atoms with Gasteiger partial charge in [0.1, 0.15) is 0 Å². The predicted octanol–water partition coefficient (Wildman–Crippen LogP) is 2.15. The van der Waals surface area contributed by atoms with Gasteiger partial charge in [-0.25, -0.2) is 0 Å². The minimum atomic E-state index is -0.159. The number of hydrogen-bond donors (Lipinski definition) is 1. The number of pyridine rings is 1. The van der Waals surface area contributed by atoms with Crippen molar-refractivity contribution in [1.29, 1.82) is 0 Å². The van der Waals surface area contributed by atoms with Crippen LogP contribution in [0.4, 0.5) is 5.69 Å². The number of nitrogens with one attached hydrogen (secondary N) is 1. The number of carbonyl (C=O) groups is 1. The van der Waals surface area contributed by atoms with E-state index in [-0.39, 0.29) is 5.91 Å². The van der Waals surface area contributed by atoms with E-state index in [2.05, 4.69) is 16.9 Å². The summed E-state index contributed by atoms with van der Waals surface area (Å²) in [6, 6.07) is 3.46. The molecule has 0 bridgehead atoms. The Morgan fingerprint density at radius 3 is 2.71 bits per heavy atom. The van der Waals surface area contributed by atoms with Crippen molar-refractivity contribution < 1.29 is 4.79 Å². The molecule has 1 amide bonds. The number of amides is 1. The Balaban J connectivity index is 2.63. The third kappa shape index (κ3) is 3.23. The standard InChI is InChI=1S/C11H12N2O/c1-3-9(2)8-11(14)13-10-4-6-12-7-5-10/h3-8H,1H2,2H3,(H,12,13,14). The van der Waals surface area contributed by atoms with Crippen LogP contribution in [-0.2, 0) is 4.79 Å². The van der Waals surface area contributed by atoms with Crippen molar-refractivity contribution in [1.82, 2.24) is 4.98 Å². The van der Waals surface area contributed by atoms with E-state index >= 15 is 0 Å². The molecule has 3 nitrogen and oxygen atoms in total. The topological polar surface area (TPSA) is 42.0 Å². The van der Waals surface area contributed by atoms with Gasteiger partial charge in [0.2, 0.25) is 5.91 Å². The second-order valence-corrected chi connectivity index (χ2v) is 2.82. The fraction of sp³-hybridized carbons (Fsp3) is 0.0909. The first-order valence-electron chi connectivity index (χ1n) is 4.24. The Hall–Kier alpha value is -1.90. The summed E-state index contributed by atoms with van der Waals surface area (Å²) in [6.45, 7) is 5.38. The van der Waals surface area contributed by atoms with Crippen LogP contribution in [0.1, 0.15) is 6.92 Å². The van der Waals surface area contributed by atoms with Gasteiger partial charge in [0.25, 0.3) is 0 Å². The van der Waals surface area contributed by atoms with Crippen LogP contribution >= 0.6 is 0 Å². The second kappa shape index (κ2) is 4.97. The number of nitrogens with zero attached hydrogens (tertiary/aromatic N) is 1. The highest BCUT2D eigenvalue weighted by atomic mass is 16.1. The SMILES string of the molecule is C=CC(C)=CC(=O)Nc1ccncc1. The summed E-state index contributed by atoms with van der Waals surface area (Å²) in [4.78, 5) is 15.2. The molecule has 1 aromatic heterocycles. The van der Waals surface area contributed by atoms with Gasteiger partial charge < -0.3 is 5.32 Å². The summed E-state index contributed by atoms with van der Waals surface area (Å²) in [6.07, 6.45) is 6.37. The van der Waals surface area contributed by atoms with Crippen molar-refractivity contribution in [3.63, 3.8) is 0 Å². The fourth-order valence-corrected chi connectivity index (χ4v) is 0.879. The molecule has 0 unspecified atom stereocenters. The first-order chi connectivity index (χ1) is 6.72. The zero-order valence-electron chi connectivity index (χ0n) is 8.03. The number of anilines is 1. The molecule has 0 fully saturated rings. The molecule has 1 heterocycles. The van der Waals surface area contributed by atoms with Crippen LogP contribution in [0.3, 0.4) is 0 Å². The van der Waals surface area contributed by atoms with Crippen molar-refractivity contribution in [2.75, 3.05) is 5.32 Å². The lowest BCUT2D eigenvalue weighted by atomic mass is 10.3. The van der Waals surface area contributed by atoms with E-state index in [0.717, 1.165) is 11.3 Å².